The number of halogens is 1. The second kappa shape index (κ2) is 7.29. The summed E-state index contributed by atoms with van der Waals surface area (Å²) in [6.07, 6.45) is 3.17. The molecule has 2 amide bonds. The smallest absolute Gasteiger partial charge is 0.243 e. The number of hydrogen-bond acceptors (Lipinski definition) is 3. The molecule has 2 aromatic rings. The summed E-state index contributed by atoms with van der Waals surface area (Å²) < 4.78 is 18.1. The van der Waals surface area contributed by atoms with Gasteiger partial charge >= 0.3 is 0 Å². The predicted molar refractivity (Wildman–Crippen MR) is 85.4 cm³/mol. The van der Waals surface area contributed by atoms with Crippen molar-refractivity contribution >= 4 is 11.8 Å². The summed E-state index contributed by atoms with van der Waals surface area (Å²) in [5.41, 5.74) is 0.739. The van der Waals surface area contributed by atoms with E-state index in [0.717, 1.165) is 12.0 Å². The highest BCUT2D eigenvalue weighted by Gasteiger charge is 2.33. The molecule has 1 aliphatic rings. The zero-order chi connectivity index (χ0) is 16.9. The van der Waals surface area contributed by atoms with Crippen LogP contribution in [0.2, 0.25) is 0 Å². The van der Waals surface area contributed by atoms with Gasteiger partial charge in [-0.15, -0.1) is 0 Å². The van der Waals surface area contributed by atoms with Gasteiger partial charge in [-0.05, 0) is 42.7 Å². The molecule has 1 aromatic carbocycles. The summed E-state index contributed by atoms with van der Waals surface area (Å²) >= 11 is 0. The summed E-state index contributed by atoms with van der Waals surface area (Å²) in [4.78, 5) is 26.4. The molecule has 1 saturated heterocycles. The van der Waals surface area contributed by atoms with Crippen LogP contribution in [-0.4, -0.2) is 29.3 Å². The number of nitrogens with zero attached hydrogens (tertiary/aromatic N) is 1. The Morgan fingerprint density at radius 3 is 2.75 bits per heavy atom. The molecular weight excluding hydrogens is 311 g/mol. The van der Waals surface area contributed by atoms with Gasteiger partial charge in [-0.2, -0.15) is 0 Å². The van der Waals surface area contributed by atoms with Crippen molar-refractivity contribution in [2.24, 2.45) is 0 Å². The van der Waals surface area contributed by atoms with Gasteiger partial charge in [0.05, 0.1) is 19.2 Å². The Labute approximate surface area is 139 Å². The highest BCUT2D eigenvalue weighted by Crippen LogP contribution is 2.19. The van der Waals surface area contributed by atoms with Gasteiger partial charge in [0.2, 0.25) is 11.8 Å². The first-order valence-corrected chi connectivity index (χ1v) is 7.97. The monoisotopic (exact) mass is 330 g/mol. The lowest BCUT2D eigenvalue weighted by Crippen LogP contribution is -2.46. The lowest BCUT2D eigenvalue weighted by Gasteiger charge is -2.24. The molecule has 3 rings (SSSR count). The van der Waals surface area contributed by atoms with E-state index in [9.17, 15) is 14.0 Å². The van der Waals surface area contributed by atoms with Crippen LogP contribution in [0.5, 0.6) is 0 Å². The molecular formula is C18H19FN2O3. The van der Waals surface area contributed by atoms with E-state index in [4.69, 9.17) is 4.42 Å². The second-order valence-electron chi connectivity index (χ2n) is 5.85. The van der Waals surface area contributed by atoms with Crippen LogP contribution in [0.3, 0.4) is 0 Å². The van der Waals surface area contributed by atoms with Gasteiger partial charge in [0.15, 0.2) is 0 Å². The van der Waals surface area contributed by atoms with Crippen molar-refractivity contribution in [3.05, 3.63) is 59.8 Å². The van der Waals surface area contributed by atoms with Gasteiger partial charge in [0, 0.05) is 6.54 Å². The van der Waals surface area contributed by atoms with E-state index < -0.39 is 6.04 Å². The summed E-state index contributed by atoms with van der Waals surface area (Å²) in [6, 6.07) is 8.94. The Kier molecular flexibility index (Phi) is 4.93. The van der Waals surface area contributed by atoms with Crippen LogP contribution in [0, 0.1) is 5.82 Å². The molecule has 6 heteroatoms. The molecule has 24 heavy (non-hydrogen) atoms. The average molecular weight is 330 g/mol. The topological polar surface area (TPSA) is 62.6 Å². The molecule has 2 heterocycles. The first kappa shape index (κ1) is 16.2. The fourth-order valence-electron chi connectivity index (χ4n) is 2.92. The molecule has 5 nitrogen and oxygen atoms in total. The summed E-state index contributed by atoms with van der Waals surface area (Å²) in [7, 11) is 0. The van der Waals surface area contributed by atoms with Crippen molar-refractivity contribution in [2.75, 3.05) is 6.54 Å². The zero-order valence-corrected chi connectivity index (χ0v) is 13.2. The maximum absolute atomic E-state index is 12.9. The van der Waals surface area contributed by atoms with Crippen molar-refractivity contribution < 1.29 is 18.4 Å². The first-order chi connectivity index (χ1) is 11.6. The SMILES string of the molecule is O=C(NCc1ccco1)[C@H]1CCCN1C(=O)Cc1ccc(F)cc1. The van der Waals surface area contributed by atoms with Crippen LogP contribution in [0.25, 0.3) is 0 Å². The molecule has 1 atom stereocenters. The number of likely N-dealkylation sites (tertiary alicyclic amines) is 1. The fourth-order valence-corrected chi connectivity index (χ4v) is 2.92. The number of benzene rings is 1. The number of furan rings is 1. The van der Waals surface area contributed by atoms with Gasteiger partial charge in [0.25, 0.3) is 0 Å². The molecule has 1 fully saturated rings. The maximum atomic E-state index is 12.9. The highest BCUT2D eigenvalue weighted by molar-refractivity contribution is 5.89. The van der Waals surface area contributed by atoms with Crippen molar-refractivity contribution in [3.63, 3.8) is 0 Å². The normalized spacial score (nSPS) is 17.0. The minimum absolute atomic E-state index is 0.114. The fraction of sp³-hybridized carbons (Fsp3) is 0.333. The van der Waals surface area contributed by atoms with Crippen LogP contribution in [0.4, 0.5) is 4.39 Å². The Balaban J connectivity index is 1.58. The largest absolute Gasteiger partial charge is 0.467 e. The molecule has 0 spiro atoms. The van der Waals surface area contributed by atoms with Gasteiger partial charge < -0.3 is 14.6 Å². The van der Waals surface area contributed by atoms with Gasteiger partial charge in [-0.3, -0.25) is 9.59 Å². The average Bonchev–Trinajstić information content (AvgIpc) is 3.26. The number of amides is 2. The molecule has 0 saturated carbocycles. The molecule has 1 aromatic heterocycles. The number of hydrogen-bond donors (Lipinski definition) is 1. The Bertz CT molecular complexity index is 698. The van der Waals surface area contributed by atoms with E-state index in [1.165, 1.54) is 12.1 Å². The predicted octanol–water partition coefficient (Wildman–Crippen LogP) is 2.27. The first-order valence-electron chi connectivity index (χ1n) is 7.97. The van der Waals surface area contributed by atoms with Crippen molar-refractivity contribution in [3.8, 4) is 0 Å². The van der Waals surface area contributed by atoms with E-state index in [0.29, 0.717) is 25.3 Å². The molecule has 1 aliphatic heterocycles. The lowest BCUT2D eigenvalue weighted by atomic mass is 10.1. The second-order valence-corrected chi connectivity index (χ2v) is 5.85. The van der Waals surface area contributed by atoms with Crippen molar-refractivity contribution in [1.82, 2.24) is 10.2 Å². The third-order valence-electron chi connectivity index (χ3n) is 4.16. The van der Waals surface area contributed by atoms with Crippen LogP contribution >= 0.6 is 0 Å². The highest BCUT2D eigenvalue weighted by atomic mass is 19.1. The Morgan fingerprint density at radius 1 is 1.25 bits per heavy atom. The summed E-state index contributed by atoms with van der Waals surface area (Å²) in [5.74, 6) is 0.0571. The molecule has 0 aliphatic carbocycles. The van der Waals surface area contributed by atoms with Gasteiger partial charge in [0.1, 0.15) is 17.6 Å². The van der Waals surface area contributed by atoms with E-state index in [1.54, 1.807) is 35.4 Å². The number of carbonyl (C=O) groups excluding carboxylic acids is 2. The van der Waals surface area contributed by atoms with E-state index >= 15 is 0 Å². The van der Waals surface area contributed by atoms with E-state index in [-0.39, 0.29) is 24.1 Å². The minimum atomic E-state index is -0.451. The van der Waals surface area contributed by atoms with E-state index in [2.05, 4.69) is 5.32 Å². The molecule has 0 bridgehead atoms. The number of nitrogens with one attached hydrogen (secondary N) is 1. The van der Waals surface area contributed by atoms with E-state index in [1.807, 2.05) is 0 Å². The quantitative estimate of drug-likeness (QED) is 0.915. The van der Waals surface area contributed by atoms with Crippen molar-refractivity contribution in [1.29, 1.82) is 0 Å². The van der Waals surface area contributed by atoms with Crippen LogP contribution in [0.1, 0.15) is 24.2 Å². The standard InChI is InChI=1S/C18H19FN2O3/c19-14-7-5-13(6-8-14)11-17(22)21-9-1-4-16(21)18(23)20-12-15-3-2-10-24-15/h2-3,5-8,10,16H,1,4,9,11-12H2,(H,20,23)/t16-/m1/s1. The van der Waals surface area contributed by atoms with Gasteiger partial charge in [-0.25, -0.2) is 4.39 Å². The molecule has 0 radical (unpaired) electrons. The molecule has 126 valence electrons. The van der Waals surface area contributed by atoms with Crippen LogP contribution in [-0.2, 0) is 22.6 Å². The maximum Gasteiger partial charge on any atom is 0.243 e. The zero-order valence-electron chi connectivity index (χ0n) is 13.2. The lowest BCUT2D eigenvalue weighted by molar-refractivity contribution is -0.138. The van der Waals surface area contributed by atoms with Crippen molar-refractivity contribution in [2.45, 2.75) is 31.8 Å². The summed E-state index contributed by atoms with van der Waals surface area (Å²) in [6.45, 7) is 0.876. The van der Waals surface area contributed by atoms with Crippen LogP contribution in [0.15, 0.2) is 47.1 Å². The van der Waals surface area contributed by atoms with Crippen LogP contribution < -0.4 is 5.32 Å². The summed E-state index contributed by atoms with van der Waals surface area (Å²) in [5, 5.41) is 2.81. The van der Waals surface area contributed by atoms with Gasteiger partial charge in [-0.1, -0.05) is 12.1 Å². The minimum Gasteiger partial charge on any atom is -0.467 e. The number of rotatable bonds is 5. The molecule has 1 N–H and O–H groups in total. The Morgan fingerprint density at radius 2 is 2.04 bits per heavy atom. The third-order valence-corrected chi connectivity index (χ3v) is 4.16. The molecule has 0 unspecified atom stereocenters. The number of carbonyl (C=O) groups is 2. The Hall–Kier alpha value is -2.63. The third kappa shape index (κ3) is 3.82.